The highest BCUT2D eigenvalue weighted by Gasteiger charge is 2.37. The molecule has 2 aliphatic heterocycles. The Kier molecular flexibility index (Phi) is 2.46. The third-order valence-corrected chi connectivity index (χ3v) is 3.90. The van der Waals surface area contributed by atoms with Crippen LogP contribution in [0.3, 0.4) is 0 Å². The molecular formula is C12H15N3O2. The molecule has 3 rings (SSSR count). The van der Waals surface area contributed by atoms with E-state index in [1.54, 1.807) is 12.1 Å². The van der Waals surface area contributed by atoms with Gasteiger partial charge in [-0.05, 0) is 38.2 Å². The van der Waals surface area contributed by atoms with Crippen molar-refractivity contribution in [2.75, 3.05) is 4.90 Å². The van der Waals surface area contributed by atoms with Crippen molar-refractivity contribution in [3.8, 4) is 0 Å². The molecule has 0 radical (unpaired) electrons. The number of rotatable bonds is 2. The normalized spacial score (nSPS) is 27.2. The zero-order valence-electron chi connectivity index (χ0n) is 9.58. The van der Waals surface area contributed by atoms with Gasteiger partial charge < -0.3 is 4.90 Å². The van der Waals surface area contributed by atoms with Gasteiger partial charge in [0.15, 0.2) is 0 Å². The molecule has 2 atom stereocenters. The summed E-state index contributed by atoms with van der Waals surface area (Å²) in [5.74, 6) is 0.905. The Morgan fingerprint density at radius 2 is 1.94 bits per heavy atom. The molecule has 5 heteroatoms. The van der Waals surface area contributed by atoms with Crippen LogP contribution in [0.5, 0.6) is 0 Å². The molecule has 3 heterocycles. The van der Waals surface area contributed by atoms with Gasteiger partial charge in [0.1, 0.15) is 12.0 Å². The first-order valence-corrected chi connectivity index (χ1v) is 6.14. The number of anilines is 1. The first-order chi connectivity index (χ1) is 8.25. The lowest BCUT2D eigenvalue weighted by atomic mass is 10.0. The molecule has 2 aliphatic rings. The van der Waals surface area contributed by atoms with Crippen LogP contribution in [0.4, 0.5) is 11.5 Å². The zero-order valence-corrected chi connectivity index (χ0v) is 9.58. The van der Waals surface area contributed by atoms with Crippen LogP contribution in [0.15, 0.2) is 18.3 Å². The first-order valence-electron chi connectivity index (χ1n) is 6.14. The predicted molar refractivity (Wildman–Crippen MR) is 64.0 cm³/mol. The Bertz CT molecular complexity index is 416. The van der Waals surface area contributed by atoms with E-state index >= 15 is 0 Å². The molecule has 17 heavy (non-hydrogen) atoms. The number of hydrogen-bond acceptors (Lipinski definition) is 4. The van der Waals surface area contributed by atoms with Crippen LogP contribution in [0.1, 0.15) is 32.1 Å². The van der Waals surface area contributed by atoms with Gasteiger partial charge in [-0.15, -0.1) is 0 Å². The summed E-state index contributed by atoms with van der Waals surface area (Å²) >= 11 is 0. The van der Waals surface area contributed by atoms with E-state index in [1.807, 2.05) is 0 Å². The average Bonchev–Trinajstić information content (AvgIpc) is 2.59. The molecule has 0 aromatic carbocycles. The number of aromatic nitrogens is 1. The fourth-order valence-electron chi connectivity index (χ4n) is 3.13. The number of fused-ring (bicyclic) bond motifs is 2. The van der Waals surface area contributed by atoms with Gasteiger partial charge >= 0.3 is 0 Å². The fourth-order valence-corrected chi connectivity index (χ4v) is 3.13. The molecule has 1 aromatic rings. The van der Waals surface area contributed by atoms with Crippen molar-refractivity contribution < 1.29 is 4.92 Å². The van der Waals surface area contributed by atoms with Gasteiger partial charge in [-0.2, -0.15) is 0 Å². The molecule has 90 valence electrons. The third kappa shape index (κ3) is 1.75. The first kappa shape index (κ1) is 10.5. The quantitative estimate of drug-likeness (QED) is 0.581. The smallest absolute Gasteiger partial charge is 0.287 e. The van der Waals surface area contributed by atoms with Gasteiger partial charge in [-0.1, -0.05) is 0 Å². The van der Waals surface area contributed by atoms with Crippen LogP contribution in [0, 0.1) is 10.1 Å². The standard InChI is InChI=1S/C12H15N3O2/c16-15(17)11-6-7-12(13-8-11)14-9-2-1-3-10(14)5-4-9/h6-10H,1-5H2. The van der Waals surface area contributed by atoms with Gasteiger partial charge in [-0.3, -0.25) is 10.1 Å². The molecule has 0 aliphatic carbocycles. The Morgan fingerprint density at radius 1 is 1.24 bits per heavy atom. The highest BCUT2D eigenvalue weighted by Crippen LogP contribution is 2.38. The molecule has 5 nitrogen and oxygen atoms in total. The van der Waals surface area contributed by atoms with E-state index in [-0.39, 0.29) is 5.69 Å². The van der Waals surface area contributed by atoms with Crippen molar-refractivity contribution in [1.82, 2.24) is 4.98 Å². The van der Waals surface area contributed by atoms with E-state index in [0.717, 1.165) is 5.82 Å². The maximum absolute atomic E-state index is 10.6. The summed E-state index contributed by atoms with van der Waals surface area (Å²) in [5, 5.41) is 10.6. The maximum Gasteiger partial charge on any atom is 0.287 e. The molecule has 2 fully saturated rings. The third-order valence-electron chi connectivity index (χ3n) is 3.90. The Labute approximate surface area is 99.6 Å². The SMILES string of the molecule is O=[N+]([O-])c1ccc(N2C3CCCC2CC3)nc1. The van der Waals surface area contributed by atoms with Crippen LogP contribution < -0.4 is 4.90 Å². The second-order valence-electron chi connectivity index (χ2n) is 4.85. The molecular weight excluding hydrogens is 218 g/mol. The summed E-state index contributed by atoms with van der Waals surface area (Å²) in [5.41, 5.74) is 0.0677. The van der Waals surface area contributed by atoms with Crippen molar-refractivity contribution >= 4 is 11.5 Å². The molecule has 1 aromatic heterocycles. The largest absolute Gasteiger partial charge is 0.351 e. The van der Waals surface area contributed by atoms with Crippen molar-refractivity contribution in [2.24, 2.45) is 0 Å². The van der Waals surface area contributed by atoms with Crippen molar-refractivity contribution in [1.29, 1.82) is 0 Å². The van der Waals surface area contributed by atoms with Crippen LogP contribution in [0.2, 0.25) is 0 Å². The summed E-state index contributed by atoms with van der Waals surface area (Å²) in [4.78, 5) is 16.8. The average molecular weight is 233 g/mol. The molecule has 2 bridgehead atoms. The van der Waals surface area contributed by atoms with Gasteiger partial charge in [0.25, 0.3) is 5.69 Å². The molecule has 0 spiro atoms. The number of pyridine rings is 1. The minimum Gasteiger partial charge on any atom is -0.351 e. The van der Waals surface area contributed by atoms with E-state index in [2.05, 4.69) is 9.88 Å². The summed E-state index contributed by atoms with van der Waals surface area (Å²) in [6, 6.07) is 4.54. The van der Waals surface area contributed by atoms with Crippen molar-refractivity contribution in [2.45, 2.75) is 44.2 Å². The van der Waals surface area contributed by atoms with Gasteiger partial charge in [0, 0.05) is 18.2 Å². The van der Waals surface area contributed by atoms with E-state index in [4.69, 9.17) is 0 Å². The van der Waals surface area contributed by atoms with Crippen LogP contribution in [-0.2, 0) is 0 Å². The monoisotopic (exact) mass is 233 g/mol. The minimum atomic E-state index is -0.401. The summed E-state index contributed by atoms with van der Waals surface area (Å²) in [6.07, 6.45) is 7.61. The molecule has 0 N–H and O–H groups in total. The van der Waals surface area contributed by atoms with Crippen LogP contribution in [0.25, 0.3) is 0 Å². The topological polar surface area (TPSA) is 59.3 Å². The van der Waals surface area contributed by atoms with E-state index < -0.39 is 4.92 Å². The maximum atomic E-state index is 10.6. The highest BCUT2D eigenvalue weighted by molar-refractivity contribution is 5.46. The van der Waals surface area contributed by atoms with E-state index in [9.17, 15) is 10.1 Å². The summed E-state index contributed by atoms with van der Waals surface area (Å²) in [6.45, 7) is 0. The molecule has 0 amide bonds. The lowest BCUT2D eigenvalue weighted by Crippen LogP contribution is -2.40. The number of piperidine rings is 1. The minimum absolute atomic E-state index is 0.0677. The van der Waals surface area contributed by atoms with Gasteiger partial charge in [0.05, 0.1) is 4.92 Å². The highest BCUT2D eigenvalue weighted by atomic mass is 16.6. The van der Waals surface area contributed by atoms with Crippen molar-refractivity contribution in [3.63, 3.8) is 0 Å². The Hall–Kier alpha value is -1.65. The van der Waals surface area contributed by atoms with Crippen LogP contribution in [-0.4, -0.2) is 22.0 Å². The number of nitrogens with zero attached hydrogens (tertiary/aromatic N) is 3. The molecule has 2 saturated heterocycles. The second-order valence-corrected chi connectivity index (χ2v) is 4.85. The summed E-state index contributed by atoms with van der Waals surface area (Å²) in [7, 11) is 0. The van der Waals surface area contributed by atoms with E-state index in [0.29, 0.717) is 12.1 Å². The molecule has 2 unspecified atom stereocenters. The van der Waals surface area contributed by atoms with E-state index in [1.165, 1.54) is 38.3 Å². The fraction of sp³-hybridized carbons (Fsp3) is 0.583. The number of nitro groups is 1. The zero-order chi connectivity index (χ0) is 11.8. The van der Waals surface area contributed by atoms with Gasteiger partial charge in [0.2, 0.25) is 0 Å². The predicted octanol–water partition coefficient (Wildman–Crippen LogP) is 2.51. The summed E-state index contributed by atoms with van der Waals surface area (Å²) < 4.78 is 0. The Morgan fingerprint density at radius 3 is 2.47 bits per heavy atom. The molecule has 0 saturated carbocycles. The van der Waals surface area contributed by atoms with Crippen molar-refractivity contribution in [3.05, 3.63) is 28.4 Å². The van der Waals surface area contributed by atoms with Gasteiger partial charge in [-0.25, -0.2) is 4.98 Å². The number of hydrogen-bond donors (Lipinski definition) is 0. The second kappa shape index (κ2) is 3.98. The Balaban J connectivity index is 1.86. The lowest BCUT2D eigenvalue weighted by molar-refractivity contribution is -0.385. The lowest BCUT2D eigenvalue weighted by Gasteiger charge is -2.35. The van der Waals surface area contributed by atoms with Crippen LogP contribution >= 0.6 is 0 Å².